The molecule has 19 heavy (non-hydrogen) atoms. The number of fused-ring (bicyclic) bond motifs is 1. The van der Waals surface area contributed by atoms with E-state index < -0.39 is 0 Å². The van der Waals surface area contributed by atoms with Crippen molar-refractivity contribution < 1.29 is 9.53 Å². The van der Waals surface area contributed by atoms with Gasteiger partial charge in [-0.05, 0) is 36.6 Å². The lowest BCUT2D eigenvalue weighted by Gasteiger charge is -2.21. The van der Waals surface area contributed by atoms with E-state index in [0.29, 0.717) is 6.61 Å². The van der Waals surface area contributed by atoms with Gasteiger partial charge in [-0.3, -0.25) is 0 Å². The van der Waals surface area contributed by atoms with Crippen molar-refractivity contribution in [2.24, 2.45) is 0 Å². The van der Waals surface area contributed by atoms with Gasteiger partial charge in [0.1, 0.15) is 0 Å². The van der Waals surface area contributed by atoms with Crippen molar-refractivity contribution in [2.75, 3.05) is 25.1 Å². The Bertz CT molecular complexity index is 470. The fourth-order valence-electron chi connectivity index (χ4n) is 2.62. The molecular formula is C14H19N3O2. The van der Waals surface area contributed by atoms with Gasteiger partial charge >= 0.3 is 6.03 Å². The lowest BCUT2D eigenvalue weighted by molar-refractivity contribution is 0.189. The number of nitrogens with one attached hydrogen (secondary N) is 3. The number of carbonyl (C=O) groups excluding carboxylic acids is 1. The van der Waals surface area contributed by atoms with E-state index in [4.69, 9.17) is 4.74 Å². The molecule has 2 amide bonds. The van der Waals surface area contributed by atoms with Crippen LogP contribution in [0.1, 0.15) is 17.5 Å². The Hall–Kier alpha value is -1.59. The molecule has 5 nitrogen and oxygen atoms in total. The van der Waals surface area contributed by atoms with Gasteiger partial charge in [0.2, 0.25) is 0 Å². The molecule has 0 aliphatic carbocycles. The molecule has 1 fully saturated rings. The van der Waals surface area contributed by atoms with Crippen molar-refractivity contribution >= 4 is 11.7 Å². The highest BCUT2D eigenvalue weighted by atomic mass is 16.5. The average molecular weight is 261 g/mol. The summed E-state index contributed by atoms with van der Waals surface area (Å²) in [4.78, 5) is 12.0. The van der Waals surface area contributed by atoms with Gasteiger partial charge in [-0.1, -0.05) is 12.1 Å². The third kappa shape index (κ3) is 2.88. The fourth-order valence-corrected chi connectivity index (χ4v) is 2.62. The molecule has 0 spiro atoms. The number of amides is 2. The molecule has 3 rings (SSSR count). The quantitative estimate of drug-likeness (QED) is 0.750. The maximum absolute atomic E-state index is 12.0. The van der Waals surface area contributed by atoms with Gasteiger partial charge in [-0.2, -0.15) is 0 Å². The van der Waals surface area contributed by atoms with Crippen LogP contribution in [0.2, 0.25) is 0 Å². The van der Waals surface area contributed by atoms with E-state index in [1.165, 1.54) is 11.1 Å². The molecule has 1 atom stereocenters. The predicted octanol–water partition coefficient (Wildman–Crippen LogP) is 1.24. The van der Waals surface area contributed by atoms with Crippen LogP contribution in [-0.4, -0.2) is 31.8 Å². The number of carbonyl (C=O) groups is 1. The van der Waals surface area contributed by atoms with Crippen LogP contribution in [0.25, 0.3) is 0 Å². The molecule has 102 valence electrons. The number of anilines is 1. The predicted molar refractivity (Wildman–Crippen MR) is 73.2 cm³/mol. The Morgan fingerprint density at radius 1 is 1.42 bits per heavy atom. The molecule has 0 bridgehead atoms. The van der Waals surface area contributed by atoms with Crippen LogP contribution in [0.3, 0.4) is 0 Å². The van der Waals surface area contributed by atoms with Crippen LogP contribution >= 0.6 is 0 Å². The summed E-state index contributed by atoms with van der Waals surface area (Å²) in [6, 6.07) is 6.08. The van der Waals surface area contributed by atoms with Crippen LogP contribution in [-0.2, 0) is 17.7 Å². The SMILES string of the molecule is O=C(Nc1cccc2c1CNCC2)NC1CCOC1. The van der Waals surface area contributed by atoms with E-state index in [1.807, 2.05) is 12.1 Å². The largest absolute Gasteiger partial charge is 0.379 e. The van der Waals surface area contributed by atoms with Crippen LogP contribution in [0.15, 0.2) is 18.2 Å². The van der Waals surface area contributed by atoms with E-state index in [0.717, 1.165) is 38.2 Å². The Kier molecular flexibility index (Phi) is 3.66. The molecule has 1 unspecified atom stereocenters. The zero-order valence-corrected chi connectivity index (χ0v) is 10.9. The first-order valence-electron chi connectivity index (χ1n) is 6.79. The van der Waals surface area contributed by atoms with Crippen molar-refractivity contribution in [1.82, 2.24) is 10.6 Å². The average Bonchev–Trinajstić information content (AvgIpc) is 2.92. The highest BCUT2D eigenvalue weighted by molar-refractivity contribution is 5.90. The Balaban J connectivity index is 1.67. The van der Waals surface area contributed by atoms with Crippen molar-refractivity contribution in [1.29, 1.82) is 0 Å². The summed E-state index contributed by atoms with van der Waals surface area (Å²) < 4.78 is 5.25. The summed E-state index contributed by atoms with van der Waals surface area (Å²) in [7, 11) is 0. The summed E-state index contributed by atoms with van der Waals surface area (Å²) in [5.41, 5.74) is 3.42. The van der Waals surface area contributed by atoms with Gasteiger partial charge in [0.05, 0.1) is 12.6 Å². The molecule has 2 aliphatic rings. The van der Waals surface area contributed by atoms with Crippen LogP contribution in [0, 0.1) is 0 Å². The third-order valence-electron chi connectivity index (χ3n) is 3.66. The third-order valence-corrected chi connectivity index (χ3v) is 3.66. The van der Waals surface area contributed by atoms with Crippen LogP contribution < -0.4 is 16.0 Å². The zero-order valence-electron chi connectivity index (χ0n) is 10.9. The molecule has 0 radical (unpaired) electrons. The second-order valence-corrected chi connectivity index (χ2v) is 5.03. The lowest BCUT2D eigenvalue weighted by Crippen LogP contribution is -2.38. The molecule has 2 heterocycles. The second-order valence-electron chi connectivity index (χ2n) is 5.03. The Labute approximate surface area is 112 Å². The molecule has 1 aromatic carbocycles. The molecule has 5 heteroatoms. The molecule has 1 saturated heterocycles. The van der Waals surface area contributed by atoms with E-state index in [9.17, 15) is 4.79 Å². The Morgan fingerprint density at radius 2 is 2.37 bits per heavy atom. The number of hydrogen-bond donors (Lipinski definition) is 3. The minimum absolute atomic E-state index is 0.137. The van der Waals surface area contributed by atoms with Gasteiger partial charge in [0.25, 0.3) is 0 Å². The smallest absolute Gasteiger partial charge is 0.319 e. The van der Waals surface area contributed by atoms with Crippen LogP contribution in [0.4, 0.5) is 10.5 Å². The second kappa shape index (κ2) is 5.59. The number of ether oxygens (including phenoxy) is 1. The Morgan fingerprint density at radius 3 is 3.21 bits per heavy atom. The zero-order chi connectivity index (χ0) is 13.1. The van der Waals surface area contributed by atoms with Gasteiger partial charge in [0, 0.05) is 18.8 Å². The molecular weight excluding hydrogens is 242 g/mol. The van der Waals surface area contributed by atoms with Gasteiger partial charge < -0.3 is 20.7 Å². The first-order valence-corrected chi connectivity index (χ1v) is 6.79. The number of rotatable bonds is 2. The summed E-state index contributed by atoms with van der Waals surface area (Å²) in [5.74, 6) is 0. The summed E-state index contributed by atoms with van der Waals surface area (Å²) in [6.07, 6.45) is 1.91. The van der Waals surface area contributed by atoms with Crippen LogP contribution in [0.5, 0.6) is 0 Å². The molecule has 2 aliphatic heterocycles. The van der Waals surface area contributed by atoms with E-state index >= 15 is 0 Å². The number of hydrogen-bond acceptors (Lipinski definition) is 3. The van der Waals surface area contributed by atoms with E-state index in [1.54, 1.807) is 0 Å². The van der Waals surface area contributed by atoms with E-state index in [-0.39, 0.29) is 12.1 Å². The monoisotopic (exact) mass is 261 g/mol. The summed E-state index contributed by atoms with van der Waals surface area (Å²) >= 11 is 0. The van der Waals surface area contributed by atoms with Gasteiger partial charge in [-0.25, -0.2) is 4.79 Å². The highest BCUT2D eigenvalue weighted by Crippen LogP contribution is 2.22. The van der Waals surface area contributed by atoms with Crippen molar-refractivity contribution in [3.05, 3.63) is 29.3 Å². The summed E-state index contributed by atoms with van der Waals surface area (Å²) in [6.45, 7) is 3.16. The maximum Gasteiger partial charge on any atom is 0.319 e. The normalized spacial score (nSPS) is 21.8. The first kappa shape index (κ1) is 12.4. The maximum atomic E-state index is 12.0. The first-order chi connectivity index (χ1) is 9.33. The molecule has 1 aromatic rings. The van der Waals surface area contributed by atoms with Crippen molar-refractivity contribution in [2.45, 2.75) is 25.4 Å². The van der Waals surface area contributed by atoms with Crippen molar-refractivity contribution in [3.63, 3.8) is 0 Å². The minimum atomic E-state index is -0.144. The number of urea groups is 1. The van der Waals surface area contributed by atoms with Gasteiger partial charge in [0.15, 0.2) is 0 Å². The highest BCUT2D eigenvalue weighted by Gasteiger charge is 2.19. The van der Waals surface area contributed by atoms with Gasteiger partial charge in [-0.15, -0.1) is 0 Å². The number of benzene rings is 1. The molecule has 0 aromatic heterocycles. The molecule has 0 saturated carbocycles. The van der Waals surface area contributed by atoms with Crippen molar-refractivity contribution in [3.8, 4) is 0 Å². The van der Waals surface area contributed by atoms with E-state index in [2.05, 4.69) is 22.0 Å². The fraction of sp³-hybridized carbons (Fsp3) is 0.500. The molecule has 3 N–H and O–H groups in total. The standard InChI is InChI=1S/C14H19N3O2/c18-14(16-11-5-7-19-9-11)17-13-3-1-2-10-4-6-15-8-12(10)13/h1-3,11,15H,4-9H2,(H2,16,17,18). The minimum Gasteiger partial charge on any atom is -0.379 e. The topological polar surface area (TPSA) is 62.4 Å². The lowest BCUT2D eigenvalue weighted by atomic mass is 9.99. The summed E-state index contributed by atoms with van der Waals surface area (Å²) in [5, 5.41) is 9.23.